The summed E-state index contributed by atoms with van der Waals surface area (Å²) < 4.78 is 5.95. The zero-order valence-corrected chi connectivity index (χ0v) is 18.5. The maximum atomic E-state index is 12.4. The third-order valence-electron chi connectivity index (χ3n) is 5.53. The number of aromatic nitrogens is 2. The summed E-state index contributed by atoms with van der Waals surface area (Å²) in [5, 5.41) is 11.9. The van der Waals surface area contributed by atoms with Crippen LogP contribution in [0.4, 0.5) is 5.69 Å². The standard InChI is InChI=1S/C23H26ClN5O2/c1-16-6-5-7-18(14-16)23-27-26-22(31-23)17(2)29-12-10-28(11-13-29)15-21(30)25-20-9-4-3-8-19(20)24/h3-9,14,17H,10-13,15H2,1-2H3,(H,25,30)/t17-/m0/s1. The van der Waals surface area contributed by atoms with Gasteiger partial charge < -0.3 is 9.73 Å². The predicted molar refractivity (Wildman–Crippen MR) is 121 cm³/mol. The Labute approximate surface area is 187 Å². The molecule has 0 saturated carbocycles. The second-order valence-corrected chi connectivity index (χ2v) is 8.24. The molecule has 31 heavy (non-hydrogen) atoms. The summed E-state index contributed by atoms with van der Waals surface area (Å²) in [4.78, 5) is 16.8. The summed E-state index contributed by atoms with van der Waals surface area (Å²) in [5.74, 6) is 1.09. The van der Waals surface area contributed by atoms with E-state index >= 15 is 0 Å². The normalized spacial score (nSPS) is 16.2. The van der Waals surface area contributed by atoms with E-state index in [9.17, 15) is 4.79 Å². The zero-order valence-electron chi connectivity index (χ0n) is 17.7. The second kappa shape index (κ2) is 9.60. The molecule has 2 heterocycles. The second-order valence-electron chi connectivity index (χ2n) is 7.83. The molecule has 1 fully saturated rings. The van der Waals surface area contributed by atoms with Crippen LogP contribution in [0, 0.1) is 6.92 Å². The largest absolute Gasteiger partial charge is 0.419 e. The lowest BCUT2D eigenvalue weighted by molar-refractivity contribution is -0.117. The number of amides is 1. The lowest BCUT2D eigenvalue weighted by Crippen LogP contribution is -2.49. The van der Waals surface area contributed by atoms with Gasteiger partial charge in [0.15, 0.2) is 0 Å². The van der Waals surface area contributed by atoms with Crippen molar-refractivity contribution in [2.75, 3.05) is 38.0 Å². The number of aryl methyl sites for hydroxylation is 1. The van der Waals surface area contributed by atoms with E-state index in [1.807, 2.05) is 43.3 Å². The van der Waals surface area contributed by atoms with Gasteiger partial charge in [-0.2, -0.15) is 0 Å². The Kier molecular flexibility index (Phi) is 6.65. The Morgan fingerprint density at radius 1 is 1.13 bits per heavy atom. The number of carbonyl (C=O) groups excluding carboxylic acids is 1. The van der Waals surface area contributed by atoms with E-state index in [1.165, 1.54) is 0 Å². The number of anilines is 1. The molecule has 4 rings (SSSR count). The van der Waals surface area contributed by atoms with E-state index in [-0.39, 0.29) is 11.9 Å². The van der Waals surface area contributed by atoms with Crippen LogP contribution in [0.25, 0.3) is 11.5 Å². The molecule has 1 aromatic heterocycles. The van der Waals surface area contributed by atoms with Crippen molar-refractivity contribution in [2.45, 2.75) is 19.9 Å². The van der Waals surface area contributed by atoms with Gasteiger partial charge >= 0.3 is 0 Å². The molecule has 3 aromatic rings. The molecule has 7 nitrogen and oxygen atoms in total. The summed E-state index contributed by atoms with van der Waals surface area (Å²) in [6, 6.07) is 15.3. The van der Waals surface area contributed by atoms with E-state index in [0.717, 1.165) is 37.3 Å². The number of benzene rings is 2. The number of nitrogens with one attached hydrogen (secondary N) is 1. The van der Waals surface area contributed by atoms with Crippen LogP contribution in [0.5, 0.6) is 0 Å². The summed E-state index contributed by atoms with van der Waals surface area (Å²) >= 11 is 6.12. The average Bonchev–Trinajstić information content (AvgIpc) is 3.26. The minimum absolute atomic E-state index is 0.0187. The lowest BCUT2D eigenvalue weighted by atomic mass is 10.1. The number of carbonyl (C=O) groups is 1. The molecule has 1 N–H and O–H groups in total. The average molecular weight is 440 g/mol. The predicted octanol–water partition coefficient (Wildman–Crippen LogP) is 4.02. The number of rotatable bonds is 6. The van der Waals surface area contributed by atoms with Crippen LogP contribution in [0.3, 0.4) is 0 Å². The van der Waals surface area contributed by atoms with E-state index in [1.54, 1.807) is 12.1 Å². The first kappa shape index (κ1) is 21.5. The van der Waals surface area contributed by atoms with Gasteiger partial charge in [0.05, 0.1) is 23.3 Å². The highest BCUT2D eigenvalue weighted by Gasteiger charge is 2.26. The van der Waals surface area contributed by atoms with Gasteiger partial charge in [-0.15, -0.1) is 10.2 Å². The molecule has 1 aliphatic rings. The Hall–Kier alpha value is -2.74. The van der Waals surface area contributed by atoms with Gasteiger partial charge in [-0.3, -0.25) is 14.6 Å². The van der Waals surface area contributed by atoms with Crippen molar-refractivity contribution in [1.29, 1.82) is 0 Å². The van der Waals surface area contributed by atoms with Gasteiger partial charge in [0, 0.05) is 31.7 Å². The number of piperazine rings is 1. The monoisotopic (exact) mass is 439 g/mol. The van der Waals surface area contributed by atoms with Crippen molar-refractivity contribution in [3.8, 4) is 11.5 Å². The fraction of sp³-hybridized carbons (Fsp3) is 0.348. The van der Waals surface area contributed by atoms with E-state index in [0.29, 0.717) is 29.0 Å². The summed E-state index contributed by atoms with van der Waals surface area (Å²) in [6.45, 7) is 7.68. The minimum Gasteiger partial charge on any atom is -0.419 e. The van der Waals surface area contributed by atoms with Gasteiger partial charge in [-0.1, -0.05) is 41.4 Å². The number of hydrogen-bond acceptors (Lipinski definition) is 6. The first-order valence-electron chi connectivity index (χ1n) is 10.4. The van der Waals surface area contributed by atoms with Gasteiger partial charge in [0.2, 0.25) is 17.7 Å². The molecular formula is C23H26ClN5O2. The van der Waals surface area contributed by atoms with Gasteiger partial charge in [-0.25, -0.2) is 0 Å². The fourth-order valence-corrected chi connectivity index (χ4v) is 3.90. The first-order chi connectivity index (χ1) is 15.0. The fourth-order valence-electron chi connectivity index (χ4n) is 3.72. The minimum atomic E-state index is -0.0608. The third-order valence-corrected chi connectivity index (χ3v) is 5.86. The van der Waals surface area contributed by atoms with Crippen LogP contribution in [-0.4, -0.2) is 58.6 Å². The highest BCUT2D eigenvalue weighted by Crippen LogP contribution is 2.25. The molecule has 8 heteroatoms. The molecule has 0 spiro atoms. The van der Waals surface area contributed by atoms with Crippen molar-refractivity contribution in [1.82, 2.24) is 20.0 Å². The SMILES string of the molecule is Cc1cccc(-c2nnc([C@H](C)N3CCN(CC(=O)Nc4ccccc4Cl)CC3)o2)c1. The summed E-state index contributed by atoms with van der Waals surface area (Å²) in [6.07, 6.45) is 0. The molecular weight excluding hydrogens is 414 g/mol. The number of para-hydroxylation sites is 1. The molecule has 0 bridgehead atoms. The zero-order chi connectivity index (χ0) is 21.8. The molecule has 0 aliphatic carbocycles. The number of halogens is 1. The van der Waals surface area contributed by atoms with Gasteiger partial charge in [-0.05, 0) is 38.1 Å². The topological polar surface area (TPSA) is 74.5 Å². The van der Waals surface area contributed by atoms with Gasteiger partial charge in [0.25, 0.3) is 0 Å². The Morgan fingerprint density at radius 3 is 2.65 bits per heavy atom. The van der Waals surface area contributed by atoms with E-state index < -0.39 is 0 Å². The smallest absolute Gasteiger partial charge is 0.247 e. The molecule has 1 amide bonds. The van der Waals surface area contributed by atoms with Crippen LogP contribution in [0.1, 0.15) is 24.4 Å². The van der Waals surface area contributed by atoms with Crippen molar-refractivity contribution in [3.63, 3.8) is 0 Å². The maximum absolute atomic E-state index is 12.4. The Morgan fingerprint density at radius 2 is 1.90 bits per heavy atom. The van der Waals surface area contributed by atoms with Crippen LogP contribution >= 0.6 is 11.6 Å². The Bertz CT molecular complexity index is 1050. The van der Waals surface area contributed by atoms with E-state index in [2.05, 4.69) is 32.2 Å². The number of nitrogens with zero attached hydrogens (tertiary/aromatic N) is 4. The molecule has 162 valence electrons. The molecule has 0 unspecified atom stereocenters. The Balaban J connectivity index is 1.29. The third kappa shape index (κ3) is 5.31. The van der Waals surface area contributed by atoms with Crippen LogP contribution in [-0.2, 0) is 4.79 Å². The van der Waals surface area contributed by atoms with Crippen LogP contribution in [0.15, 0.2) is 52.9 Å². The highest BCUT2D eigenvalue weighted by molar-refractivity contribution is 6.33. The van der Waals surface area contributed by atoms with Crippen molar-refractivity contribution < 1.29 is 9.21 Å². The quantitative estimate of drug-likeness (QED) is 0.625. The van der Waals surface area contributed by atoms with E-state index in [4.69, 9.17) is 16.0 Å². The van der Waals surface area contributed by atoms with Crippen LogP contribution in [0.2, 0.25) is 5.02 Å². The molecule has 0 radical (unpaired) electrons. The molecule has 1 saturated heterocycles. The molecule has 1 atom stereocenters. The maximum Gasteiger partial charge on any atom is 0.247 e. The molecule has 1 aliphatic heterocycles. The van der Waals surface area contributed by atoms with Gasteiger partial charge in [0.1, 0.15) is 0 Å². The number of hydrogen-bond donors (Lipinski definition) is 1. The van der Waals surface area contributed by atoms with Crippen LogP contribution < -0.4 is 5.32 Å². The summed E-state index contributed by atoms with van der Waals surface area (Å²) in [5.41, 5.74) is 2.72. The first-order valence-corrected chi connectivity index (χ1v) is 10.8. The summed E-state index contributed by atoms with van der Waals surface area (Å²) in [7, 11) is 0. The van der Waals surface area contributed by atoms with Crippen molar-refractivity contribution in [3.05, 3.63) is 65.0 Å². The van der Waals surface area contributed by atoms with Crippen molar-refractivity contribution >= 4 is 23.2 Å². The van der Waals surface area contributed by atoms with Crippen molar-refractivity contribution in [2.24, 2.45) is 0 Å². The highest BCUT2D eigenvalue weighted by atomic mass is 35.5. The lowest BCUT2D eigenvalue weighted by Gasteiger charge is -2.36. The molecule has 2 aromatic carbocycles.